The summed E-state index contributed by atoms with van der Waals surface area (Å²) in [6.07, 6.45) is 2.27. The Morgan fingerprint density at radius 1 is 1.08 bits per heavy atom. The van der Waals surface area contributed by atoms with Crippen molar-refractivity contribution in [2.24, 2.45) is 0 Å². The van der Waals surface area contributed by atoms with E-state index in [9.17, 15) is 0 Å². The van der Waals surface area contributed by atoms with Gasteiger partial charge in [0.25, 0.3) is 0 Å². The number of hydrogen-bond donors (Lipinski definition) is 0. The molecule has 6 nitrogen and oxygen atoms in total. The quantitative estimate of drug-likeness (QED) is 0.796. The summed E-state index contributed by atoms with van der Waals surface area (Å²) in [6.45, 7) is 5.81. The van der Waals surface area contributed by atoms with E-state index in [-0.39, 0.29) is 0 Å². The second kappa shape index (κ2) is 7.35. The fourth-order valence-electron chi connectivity index (χ4n) is 3.74. The number of likely N-dealkylation sites (tertiary alicyclic amines) is 1. The highest BCUT2D eigenvalue weighted by molar-refractivity contribution is 5.50. The highest BCUT2D eigenvalue weighted by Gasteiger charge is 2.31. The van der Waals surface area contributed by atoms with E-state index in [0.717, 1.165) is 48.7 Å². The predicted molar refractivity (Wildman–Crippen MR) is 94.5 cm³/mol. The molecule has 1 aliphatic rings. The first kappa shape index (κ1) is 17.6. The van der Waals surface area contributed by atoms with Crippen LogP contribution in [0.4, 0.5) is 0 Å². The topological polar surface area (TPSA) is 57.0 Å². The lowest BCUT2D eigenvalue weighted by Gasteiger charge is -2.26. The van der Waals surface area contributed by atoms with Crippen molar-refractivity contribution in [3.05, 3.63) is 34.7 Å². The van der Waals surface area contributed by atoms with Gasteiger partial charge < -0.3 is 18.7 Å². The minimum absolute atomic E-state index is 0.323. The van der Waals surface area contributed by atoms with Crippen molar-refractivity contribution in [3.8, 4) is 17.2 Å². The molecule has 1 fully saturated rings. The van der Waals surface area contributed by atoms with Crippen LogP contribution in [0.15, 0.2) is 16.7 Å². The van der Waals surface area contributed by atoms with Crippen molar-refractivity contribution in [3.63, 3.8) is 0 Å². The second-order valence-electron chi connectivity index (χ2n) is 6.39. The third-order valence-corrected chi connectivity index (χ3v) is 4.95. The molecule has 0 amide bonds. The van der Waals surface area contributed by atoms with E-state index in [2.05, 4.69) is 10.1 Å². The van der Waals surface area contributed by atoms with Crippen LogP contribution in [-0.4, -0.2) is 37.9 Å². The first-order valence-electron chi connectivity index (χ1n) is 8.54. The number of hydrogen-bond acceptors (Lipinski definition) is 6. The molecule has 1 atom stereocenters. The van der Waals surface area contributed by atoms with Gasteiger partial charge >= 0.3 is 0 Å². The van der Waals surface area contributed by atoms with Gasteiger partial charge in [-0.05, 0) is 39.3 Å². The zero-order chi connectivity index (χ0) is 18.0. The summed E-state index contributed by atoms with van der Waals surface area (Å²) in [6, 6.07) is 4.21. The number of ether oxygens (including phenoxy) is 3. The van der Waals surface area contributed by atoms with Crippen LogP contribution in [0.1, 0.15) is 41.5 Å². The van der Waals surface area contributed by atoms with Gasteiger partial charge in [-0.2, -0.15) is 0 Å². The van der Waals surface area contributed by atoms with E-state index in [4.69, 9.17) is 18.7 Å². The van der Waals surface area contributed by atoms with E-state index in [1.165, 1.54) is 5.56 Å². The SMILES string of the molecule is COc1cc(OC)c(OC)cc1CN1CCC[C@@H]1c1c(C)noc1C. The van der Waals surface area contributed by atoms with Crippen LogP contribution in [-0.2, 0) is 6.54 Å². The molecule has 2 heterocycles. The van der Waals surface area contributed by atoms with Crippen LogP contribution in [0.25, 0.3) is 0 Å². The third kappa shape index (κ3) is 3.31. The van der Waals surface area contributed by atoms with Gasteiger partial charge in [-0.1, -0.05) is 5.16 Å². The van der Waals surface area contributed by atoms with E-state index < -0.39 is 0 Å². The summed E-state index contributed by atoms with van der Waals surface area (Å²) in [5, 5.41) is 4.12. The van der Waals surface area contributed by atoms with Gasteiger partial charge in [0.1, 0.15) is 11.5 Å². The van der Waals surface area contributed by atoms with Gasteiger partial charge in [-0.25, -0.2) is 0 Å². The van der Waals surface area contributed by atoms with Crippen molar-refractivity contribution < 1.29 is 18.7 Å². The van der Waals surface area contributed by atoms with E-state index in [1.807, 2.05) is 26.0 Å². The molecule has 0 unspecified atom stereocenters. The number of benzene rings is 1. The Labute approximate surface area is 148 Å². The summed E-state index contributed by atoms with van der Waals surface area (Å²) in [5.74, 6) is 3.11. The van der Waals surface area contributed by atoms with Gasteiger partial charge in [0.05, 0.1) is 27.0 Å². The highest BCUT2D eigenvalue weighted by Crippen LogP contribution is 2.40. The maximum absolute atomic E-state index is 5.58. The summed E-state index contributed by atoms with van der Waals surface area (Å²) in [4.78, 5) is 2.45. The first-order chi connectivity index (χ1) is 12.1. The van der Waals surface area contributed by atoms with Crippen LogP contribution in [0.2, 0.25) is 0 Å². The lowest BCUT2D eigenvalue weighted by molar-refractivity contribution is 0.241. The Bertz CT molecular complexity index is 722. The maximum Gasteiger partial charge on any atom is 0.164 e. The van der Waals surface area contributed by atoms with Crippen molar-refractivity contribution in [1.82, 2.24) is 10.1 Å². The van der Waals surface area contributed by atoms with Crippen LogP contribution < -0.4 is 14.2 Å². The number of rotatable bonds is 6. The normalized spacial score (nSPS) is 17.7. The third-order valence-electron chi connectivity index (χ3n) is 4.95. The Kier molecular flexibility index (Phi) is 5.18. The molecule has 1 aromatic heterocycles. The molecule has 136 valence electrons. The number of aromatic nitrogens is 1. The van der Waals surface area contributed by atoms with Gasteiger partial charge in [0.15, 0.2) is 11.5 Å². The van der Waals surface area contributed by atoms with Crippen molar-refractivity contribution in [1.29, 1.82) is 0 Å². The number of aryl methyl sites for hydroxylation is 2. The monoisotopic (exact) mass is 346 g/mol. The Morgan fingerprint density at radius 3 is 2.36 bits per heavy atom. The molecule has 0 radical (unpaired) electrons. The lowest BCUT2D eigenvalue weighted by Crippen LogP contribution is -2.23. The predicted octanol–water partition coefficient (Wildman–Crippen LogP) is 3.65. The summed E-state index contributed by atoms with van der Waals surface area (Å²) >= 11 is 0. The Balaban J connectivity index is 1.91. The minimum atomic E-state index is 0.323. The zero-order valence-electron chi connectivity index (χ0n) is 15.6. The first-order valence-corrected chi connectivity index (χ1v) is 8.54. The minimum Gasteiger partial charge on any atom is -0.496 e. The van der Waals surface area contributed by atoms with Gasteiger partial charge in [-0.15, -0.1) is 0 Å². The molecule has 0 N–H and O–H groups in total. The van der Waals surface area contributed by atoms with E-state index in [0.29, 0.717) is 17.5 Å². The standard InChI is InChI=1S/C19H26N2O4/c1-12-19(13(2)25-20-12)15-7-6-8-21(15)11-14-9-17(23-4)18(24-5)10-16(14)22-3/h9-10,15H,6-8,11H2,1-5H3/t15-/m1/s1. The summed E-state index contributed by atoms with van der Waals surface area (Å²) < 4.78 is 21.8. The molecular formula is C19H26N2O4. The van der Waals surface area contributed by atoms with E-state index in [1.54, 1.807) is 21.3 Å². The molecule has 2 aromatic rings. The fourth-order valence-corrected chi connectivity index (χ4v) is 3.74. The van der Waals surface area contributed by atoms with Gasteiger partial charge in [0.2, 0.25) is 0 Å². The summed E-state index contributed by atoms with van der Waals surface area (Å²) in [7, 11) is 4.96. The zero-order valence-corrected chi connectivity index (χ0v) is 15.6. The molecule has 1 saturated heterocycles. The van der Waals surface area contributed by atoms with Crippen molar-refractivity contribution in [2.75, 3.05) is 27.9 Å². The molecule has 25 heavy (non-hydrogen) atoms. The highest BCUT2D eigenvalue weighted by atomic mass is 16.5. The molecule has 0 bridgehead atoms. The van der Waals surface area contributed by atoms with Gasteiger partial charge in [-0.3, -0.25) is 4.90 Å². The largest absolute Gasteiger partial charge is 0.496 e. The molecular weight excluding hydrogens is 320 g/mol. The second-order valence-corrected chi connectivity index (χ2v) is 6.39. The summed E-state index contributed by atoms with van der Waals surface area (Å²) in [5.41, 5.74) is 3.28. The van der Waals surface area contributed by atoms with Gasteiger partial charge in [0, 0.05) is 29.8 Å². The molecule has 0 saturated carbocycles. The van der Waals surface area contributed by atoms with Crippen LogP contribution in [0.3, 0.4) is 0 Å². The smallest absolute Gasteiger partial charge is 0.164 e. The molecule has 0 spiro atoms. The average Bonchev–Trinajstić information content (AvgIpc) is 3.20. The Morgan fingerprint density at radius 2 is 1.76 bits per heavy atom. The van der Waals surface area contributed by atoms with E-state index >= 15 is 0 Å². The van der Waals surface area contributed by atoms with Crippen molar-refractivity contribution in [2.45, 2.75) is 39.3 Å². The Hall–Kier alpha value is -2.21. The maximum atomic E-state index is 5.58. The van der Waals surface area contributed by atoms with Crippen LogP contribution in [0.5, 0.6) is 17.2 Å². The average molecular weight is 346 g/mol. The molecule has 1 aromatic carbocycles. The van der Waals surface area contributed by atoms with Crippen LogP contribution in [0, 0.1) is 13.8 Å². The van der Waals surface area contributed by atoms with Crippen molar-refractivity contribution >= 4 is 0 Å². The van der Waals surface area contributed by atoms with Crippen LogP contribution >= 0.6 is 0 Å². The lowest BCUT2D eigenvalue weighted by atomic mass is 10.0. The number of nitrogens with zero attached hydrogens (tertiary/aromatic N) is 2. The molecule has 1 aliphatic heterocycles. The number of methoxy groups -OCH3 is 3. The molecule has 6 heteroatoms. The molecule has 3 rings (SSSR count). The molecule has 0 aliphatic carbocycles. The fraction of sp³-hybridized carbons (Fsp3) is 0.526.